The highest BCUT2D eigenvalue weighted by molar-refractivity contribution is 5.90. The van der Waals surface area contributed by atoms with Crippen LogP contribution in [0.15, 0.2) is 47.5 Å². The number of aryl methyl sites for hydroxylation is 2. The second-order valence-electron chi connectivity index (χ2n) is 6.28. The molecule has 132 valence electrons. The molecule has 4 nitrogen and oxygen atoms in total. The fourth-order valence-electron chi connectivity index (χ4n) is 2.30. The van der Waals surface area contributed by atoms with Crippen molar-refractivity contribution in [3.05, 3.63) is 64.7 Å². The van der Waals surface area contributed by atoms with Crippen molar-refractivity contribution in [2.45, 2.75) is 33.8 Å². The molecule has 0 aliphatic carbocycles. The average Bonchev–Trinajstić information content (AvgIpc) is 2.60. The van der Waals surface area contributed by atoms with Crippen LogP contribution in [0, 0.1) is 13.8 Å². The summed E-state index contributed by atoms with van der Waals surface area (Å²) in [6, 6.07) is 13.4. The van der Waals surface area contributed by atoms with Gasteiger partial charge in [-0.25, -0.2) is 9.79 Å². The fraction of sp³-hybridized carbons (Fsp3) is 0.333. The minimum Gasteiger partial charge on any atom is -0.454 e. The van der Waals surface area contributed by atoms with E-state index in [1.54, 1.807) is 12.4 Å². The molecule has 0 bridgehead atoms. The smallest absolute Gasteiger partial charge is 0.338 e. The molecule has 0 N–H and O–H groups in total. The lowest BCUT2D eigenvalue weighted by Crippen LogP contribution is -2.14. The van der Waals surface area contributed by atoms with Crippen LogP contribution < -0.4 is 0 Å². The largest absolute Gasteiger partial charge is 0.454 e. The molecular formula is C21H26N2O2. The van der Waals surface area contributed by atoms with Crippen LogP contribution in [0.4, 0.5) is 5.69 Å². The first-order valence-corrected chi connectivity index (χ1v) is 8.53. The number of hydrogen-bond donors (Lipinski definition) is 0. The van der Waals surface area contributed by atoms with Crippen LogP contribution in [0.1, 0.15) is 47.0 Å². The summed E-state index contributed by atoms with van der Waals surface area (Å²) in [6.07, 6.45) is 1.50. The number of carbonyl (C=O) groups is 1. The number of benzene rings is 2. The molecule has 0 saturated heterocycles. The summed E-state index contributed by atoms with van der Waals surface area (Å²) in [5, 5.41) is 0. The van der Waals surface area contributed by atoms with Gasteiger partial charge in [-0.1, -0.05) is 29.8 Å². The third-order valence-electron chi connectivity index (χ3n) is 4.16. The first-order valence-electron chi connectivity index (χ1n) is 8.53. The normalized spacial score (nSPS) is 12.2. The number of carbonyl (C=O) groups excluding carboxylic acids is 1. The van der Waals surface area contributed by atoms with E-state index >= 15 is 0 Å². The molecule has 0 amide bonds. The molecule has 2 aromatic carbocycles. The molecule has 1 atom stereocenters. The predicted octanol–water partition coefficient (Wildman–Crippen LogP) is 4.83. The lowest BCUT2D eigenvalue weighted by molar-refractivity contribution is 0.0338. The SMILES string of the molecule is CCN(C)/C=N/c1ccc(C(=O)OC(C)c2ccc(C)cc2)cc1C. The van der Waals surface area contributed by atoms with Crippen molar-refractivity contribution in [2.75, 3.05) is 13.6 Å². The van der Waals surface area contributed by atoms with E-state index in [0.29, 0.717) is 5.56 Å². The third kappa shape index (κ3) is 5.18. The number of rotatable bonds is 6. The Morgan fingerprint density at radius 1 is 1.20 bits per heavy atom. The van der Waals surface area contributed by atoms with Gasteiger partial charge >= 0.3 is 5.97 Å². The summed E-state index contributed by atoms with van der Waals surface area (Å²) in [5.74, 6) is -0.322. The Kier molecular flexibility index (Phi) is 6.34. The van der Waals surface area contributed by atoms with E-state index in [2.05, 4.69) is 11.9 Å². The van der Waals surface area contributed by atoms with Gasteiger partial charge in [0.1, 0.15) is 6.10 Å². The standard InChI is InChI=1S/C21H26N2O2/c1-6-23(5)14-22-20-12-11-19(13-16(20)3)21(24)25-17(4)18-9-7-15(2)8-10-18/h7-14,17H,6H2,1-5H3/b22-14+. The van der Waals surface area contributed by atoms with Crippen LogP contribution in [0.25, 0.3) is 0 Å². The van der Waals surface area contributed by atoms with Crippen LogP contribution in [-0.2, 0) is 4.74 Å². The van der Waals surface area contributed by atoms with Gasteiger partial charge in [0.05, 0.1) is 17.6 Å². The molecule has 1 unspecified atom stereocenters. The number of nitrogens with zero attached hydrogens (tertiary/aromatic N) is 2. The highest BCUT2D eigenvalue weighted by Gasteiger charge is 2.14. The Hall–Kier alpha value is -2.62. The number of hydrogen-bond acceptors (Lipinski definition) is 3. The Morgan fingerprint density at radius 3 is 2.48 bits per heavy atom. The first kappa shape index (κ1) is 18.7. The van der Waals surface area contributed by atoms with Crippen LogP contribution >= 0.6 is 0 Å². The van der Waals surface area contributed by atoms with Crippen molar-refractivity contribution in [3.8, 4) is 0 Å². The van der Waals surface area contributed by atoms with Gasteiger partial charge in [0.15, 0.2) is 0 Å². The van der Waals surface area contributed by atoms with Crippen LogP contribution in [0.2, 0.25) is 0 Å². The number of ether oxygens (including phenoxy) is 1. The summed E-state index contributed by atoms with van der Waals surface area (Å²) in [5.41, 5.74) is 4.50. The van der Waals surface area contributed by atoms with Gasteiger partial charge in [0.25, 0.3) is 0 Å². The second kappa shape index (κ2) is 8.47. The van der Waals surface area contributed by atoms with Crippen molar-refractivity contribution in [1.82, 2.24) is 4.90 Å². The van der Waals surface area contributed by atoms with Gasteiger partial charge in [-0.3, -0.25) is 0 Å². The van der Waals surface area contributed by atoms with E-state index < -0.39 is 0 Å². The maximum absolute atomic E-state index is 12.4. The van der Waals surface area contributed by atoms with E-state index in [1.165, 1.54) is 5.56 Å². The zero-order valence-corrected chi connectivity index (χ0v) is 15.6. The van der Waals surface area contributed by atoms with Gasteiger partial charge in [0.2, 0.25) is 0 Å². The van der Waals surface area contributed by atoms with Gasteiger partial charge < -0.3 is 9.64 Å². The molecule has 0 aromatic heterocycles. The van der Waals surface area contributed by atoms with Gasteiger partial charge in [-0.2, -0.15) is 0 Å². The molecular weight excluding hydrogens is 312 g/mol. The van der Waals surface area contributed by atoms with Crippen molar-refractivity contribution in [2.24, 2.45) is 4.99 Å². The quantitative estimate of drug-likeness (QED) is 0.430. The van der Waals surface area contributed by atoms with Crippen molar-refractivity contribution >= 4 is 18.0 Å². The van der Waals surface area contributed by atoms with Gasteiger partial charge in [-0.05, 0) is 57.0 Å². The van der Waals surface area contributed by atoms with E-state index in [1.807, 2.05) is 69.1 Å². The maximum Gasteiger partial charge on any atom is 0.338 e. The molecule has 0 aliphatic heterocycles. The Morgan fingerprint density at radius 2 is 1.88 bits per heavy atom. The van der Waals surface area contributed by atoms with Crippen molar-refractivity contribution in [3.63, 3.8) is 0 Å². The van der Waals surface area contributed by atoms with Crippen LogP contribution in [-0.4, -0.2) is 30.8 Å². The van der Waals surface area contributed by atoms with Crippen molar-refractivity contribution < 1.29 is 9.53 Å². The van der Waals surface area contributed by atoms with Gasteiger partial charge in [0, 0.05) is 13.6 Å². The molecule has 25 heavy (non-hydrogen) atoms. The third-order valence-corrected chi connectivity index (χ3v) is 4.16. The summed E-state index contributed by atoms with van der Waals surface area (Å²) in [6.45, 7) is 8.82. The molecule has 0 fully saturated rings. The summed E-state index contributed by atoms with van der Waals surface area (Å²) in [4.78, 5) is 18.8. The minimum absolute atomic E-state index is 0.288. The molecule has 2 rings (SSSR count). The molecule has 0 aliphatic rings. The van der Waals surface area contributed by atoms with E-state index in [4.69, 9.17) is 4.74 Å². The number of aliphatic imine (C=N–C) groups is 1. The minimum atomic E-state index is -0.322. The van der Waals surface area contributed by atoms with Crippen LogP contribution in [0.3, 0.4) is 0 Å². The molecule has 0 radical (unpaired) electrons. The zero-order chi connectivity index (χ0) is 18.4. The van der Waals surface area contributed by atoms with Crippen molar-refractivity contribution in [1.29, 1.82) is 0 Å². The summed E-state index contributed by atoms with van der Waals surface area (Å²) >= 11 is 0. The van der Waals surface area contributed by atoms with E-state index in [9.17, 15) is 4.79 Å². The maximum atomic E-state index is 12.4. The van der Waals surface area contributed by atoms with Crippen LogP contribution in [0.5, 0.6) is 0 Å². The zero-order valence-electron chi connectivity index (χ0n) is 15.6. The van der Waals surface area contributed by atoms with Gasteiger partial charge in [-0.15, -0.1) is 0 Å². The monoisotopic (exact) mass is 338 g/mol. The topological polar surface area (TPSA) is 41.9 Å². The Labute approximate surface area is 150 Å². The highest BCUT2D eigenvalue weighted by atomic mass is 16.5. The Balaban J connectivity index is 2.08. The first-order chi connectivity index (χ1) is 11.9. The summed E-state index contributed by atoms with van der Waals surface area (Å²) < 4.78 is 5.59. The molecule has 4 heteroatoms. The molecule has 2 aromatic rings. The van der Waals surface area contributed by atoms with E-state index in [-0.39, 0.29) is 12.1 Å². The predicted molar refractivity (Wildman–Crippen MR) is 103 cm³/mol. The lowest BCUT2D eigenvalue weighted by Gasteiger charge is -2.14. The fourth-order valence-corrected chi connectivity index (χ4v) is 2.30. The molecule has 0 saturated carbocycles. The highest BCUT2D eigenvalue weighted by Crippen LogP contribution is 2.23. The molecule has 0 heterocycles. The summed E-state index contributed by atoms with van der Waals surface area (Å²) in [7, 11) is 1.97. The molecule has 0 spiro atoms. The van der Waals surface area contributed by atoms with E-state index in [0.717, 1.165) is 23.4 Å². The lowest BCUT2D eigenvalue weighted by atomic mass is 10.1. The Bertz CT molecular complexity index is 751. The number of esters is 1. The average molecular weight is 338 g/mol. The second-order valence-corrected chi connectivity index (χ2v) is 6.28.